The number of halogens is 2. The molecule has 2 fully saturated rings. The standard InChI is InChI=1S/C28H28F2N6O2S/c1-17-11-18(8-9-31-17)25-22-12-19(4-6-23(22)33-34-25)26(37)32-20-5-7-24(27(38)36-15-28(29,30)16-36)35(13-20)14-21-3-2-10-39-21/h2-4,6,8-12,20,24H,5,7,13-16H2,1H3,(H,32,37)(H,33,34)/t20-,24+/m1/s1. The number of aromatic amines is 1. The van der Waals surface area contributed by atoms with Gasteiger partial charge >= 0.3 is 0 Å². The Balaban J connectivity index is 1.18. The van der Waals surface area contributed by atoms with Gasteiger partial charge in [-0.15, -0.1) is 11.3 Å². The molecule has 8 nitrogen and oxygen atoms in total. The van der Waals surface area contributed by atoms with Crippen LogP contribution < -0.4 is 5.32 Å². The topological polar surface area (TPSA) is 94.2 Å². The molecular formula is C28H28F2N6O2S. The highest BCUT2D eigenvalue weighted by Gasteiger charge is 2.49. The fourth-order valence-electron chi connectivity index (χ4n) is 5.43. The van der Waals surface area contributed by atoms with Crippen molar-refractivity contribution in [2.45, 2.75) is 44.3 Å². The molecule has 0 radical (unpaired) electrons. The first-order valence-electron chi connectivity index (χ1n) is 12.9. The summed E-state index contributed by atoms with van der Waals surface area (Å²) in [4.78, 5) is 35.0. The number of fused-ring (bicyclic) bond motifs is 1. The van der Waals surface area contributed by atoms with Crippen molar-refractivity contribution in [3.8, 4) is 11.3 Å². The lowest BCUT2D eigenvalue weighted by molar-refractivity contribution is -0.172. The Morgan fingerprint density at radius 2 is 2.03 bits per heavy atom. The van der Waals surface area contributed by atoms with Gasteiger partial charge in [0.15, 0.2) is 0 Å². The van der Waals surface area contributed by atoms with Crippen molar-refractivity contribution in [3.63, 3.8) is 0 Å². The van der Waals surface area contributed by atoms with Gasteiger partial charge in [0.2, 0.25) is 5.91 Å². The van der Waals surface area contributed by atoms with Crippen LogP contribution >= 0.6 is 11.3 Å². The molecule has 2 N–H and O–H groups in total. The van der Waals surface area contributed by atoms with Crippen molar-refractivity contribution in [2.75, 3.05) is 19.6 Å². The molecule has 0 spiro atoms. The second-order valence-corrected chi connectivity index (χ2v) is 11.4. The average molecular weight is 551 g/mol. The van der Waals surface area contributed by atoms with Crippen LogP contribution in [0.4, 0.5) is 8.78 Å². The highest BCUT2D eigenvalue weighted by molar-refractivity contribution is 7.09. The zero-order valence-corrected chi connectivity index (χ0v) is 22.2. The molecule has 6 rings (SSSR count). The van der Waals surface area contributed by atoms with E-state index < -0.39 is 25.1 Å². The summed E-state index contributed by atoms with van der Waals surface area (Å²) in [6.07, 6.45) is 2.81. The third-order valence-corrected chi connectivity index (χ3v) is 8.26. The van der Waals surface area contributed by atoms with Crippen LogP contribution in [-0.2, 0) is 11.3 Å². The van der Waals surface area contributed by atoms with Gasteiger partial charge in [-0.25, -0.2) is 8.78 Å². The van der Waals surface area contributed by atoms with E-state index in [9.17, 15) is 18.4 Å². The number of hydrogen-bond acceptors (Lipinski definition) is 6. The number of amides is 2. The van der Waals surface area contributed by atoms with Crippen molar-refractivity contribution >= 4 is 34.1 Å². The number of aromatic nitrogens is 3. The number of likely N-dealkylation sites (tertiary alicyclic amines) is 2. The summed E-state index contributed by atoms with van der Waals surface area (Å²) in [5, 5.41) is 13.4. The fraction of sp³-hybridized carbons (Fsp3) is 0.357. The monoisotopic (exact) mass is 550 g/mol. The van der Waals surface area contributed by atoms with Crippen LogP contribution in [0.5, 0.6) is 0 Å². The van der Waals surface area contributed by atoms with E-state index in [2.05, 4.69) is 20.5 Å². The van der Waals surface area contributed by atoms with Crippen LogP contribution in [0.1, 0.15) is 33.8 Å². The Hall–Kier alpha value is -3.70. The van der Waals surface area contributed by atoms with Gasteiger partial charge in [-0.3, -0.25) is 24.6 Å². The van der Waals surface area contributed by atoms with E-state index in [0.29, 0.717) is 31.5 Å². The second kappa shape index (κ2) is 10.1. The summed E-state index contributed by atoms with van der Waals surface area (Å²) in [6.45, 7) is 1.86. The first-order valence-corrected chi connectivity index (χ1v) is 13.8. The molecule has 0 bridgehead atoms. The predicted molar refractivity (Wildman–Crippen MR) is 145 cm³/mol. The number of aryl methyl sites for hydroxylation is 1. The average Bonchev–Trinajstić information content (AvgIpc) is 3.56. The number of carbonyl (C=O) groups is 2. The van der Waals surface area contributed by atoms with Crippen LogP contribution in [0.3, 0.4) is 0 Å². The molecule has 5 heterocycles. The molecule has 0 saturated carbocycles. The Morgan fingerprint density at radius 1 is 1.18 bits per heavy atom. The molecule has 4 aromatic rings. The highest BCUT2D eigenvalue weighted by Crippen LogP contribution is 2.31. The molecule has 0 aliphatic carbocycles. The summed E-state index contributed by atoms with van der Waals surface area (Å²) >= 11 is 1.59. The van der Waals surface area contributed by atoms with Gasteiger partial charge in [0.25, 0.3) is 11.8 Å². The van der Waals surface area contributed by atoms with Gasteiger partial charge in [-0.1, -0.05) is 6.07 Å². The number of nitrogens with zero attached hydrogens (tertiary/aromatic N) is 4. The minimum atomic E-state index is -2.80. The second-order valence-electron chi connectivity index (χ2n) is 10.3. The van der Waals surface area contributed by atoms with Crippen molar-refractivity contribution in [3.05, 3.63) is 70.2 Å². The van der Waals surface area contributed by atoms with Gasteiger partial charge in [-0.05, 0) is 61.5 Å². The zero-order valence-electron chi connectivity index (χ0n) is 21.4. The van der Waals surface area contributed by atoms with Crippen molar-refractivity contribution in [1.82, 2.24) is 30.3 Å². The van der Waals surface area contributed by atoms with Gasteiger partial charge in [-0.2, -0.15) is 5.10 Å². The van der Waals surface area contributed by atoms with E-state index in [1.807, 2.05) is 53.6 Å². The van der Waals surface area contributed by atoms with Crippen LogP contribution in [0.25, 0.3) is 22.2 Å². The Kier molecular flexibility index (Phi) is 6.64. The maximum Gasteiger partial charge on any atom is 0.282 e. The number of nitrogens with one attached hydrogen (secondary N) is 2. The summed E-state index contributed by atoms with van der Waals surface area (Å²) in [7, 11) is 0. The molecule has 3 aromatic heterocycles. The van der Waals surface area contributed by atoms with E-state index in [-0.39, 0.29) is 17.9 Å². The van der Waals surface area contributed by atoms with Crippen LogP contribution in [-0.4, -0.2) is 74.4 Å². The molecule has 2 amide bonds. The summed E-state index contributed by atoms with van der Waals surface area (Å²) in [5.74, 6) is -3.26. The fourth-order valence-corrected chi connectivity index (χ4v) is 6.16. The largest absolute Gasteiger partial charge is 0.348 e. The molecule has 1 aromatic carbocycles. The predicted octanol–water partition coefficient (Wildman–Crippen LogP) is 4.24. The molecule has 2 aliphatic rings. The SMILES string of the molecule is Cc1cc(-c2n[nH]c3ccc(C(=O)N[C@@H]4CC[C@@H](C(=O)N5CC(F)(F)C5)N(Cc5cccs5)C4)cc23)ccn1. The molecular weight excluding hydrogens is 522 g/mol. The van der Waals surface area contributed by atoms with Crippen LogP contribution in [0.2, 0.25) is 0 Å². The third-order valence-electron chi connectivity index (χ3n) is 7.39. The minimum absolute atomic E-state index is 0.179. The maximum absolute atomic E-state index is 13.4. The van der Waals surface area contributed by atoms with E-state index in [4.69, 9.17) is 0 Å². The van der Waals surface area contributed by atoms with Gasteiger partial charge in [0, 0.05) is 52.4 Å². The van der Waals surface area contributed by atoms with E-state index >= 15 is 0 Å². The number of thiophene rings is 1. The zero-order chi connectivity index (χ0) is 27.1. The van der Waals surface area contributed by atoms with Crippen molar-refractivity contribution in [2.24, 2.45) is 0 Å². The number of piperidine rings is 1. The Morgan fingerprint density at radius 3 is 2.77 bits per heavy atom. The number of H-pyrrole nitrogens is 1. The number of carbonyl (C=O) groups excluding carboxylic acids is 2. The number of alkyl halides is 2. The van der Waals surface area contributed by atoms with Gasteiger partial charge in [0.1, 0.15) is 5.69 Å². The Labute approximate surface area is 228 Å². The van der Waals surface area contributed by atoms with Crippen LogP contribution in [0, 0.1) is 6.92 Å². The third kappa shape index (κ3) is 5.28. The van der Waals surface area contributed by atoms with E-state index in [1.165, 1.54) is 4.90 Å². The summed E-state index contributed by atoms with van der Waals surface area (Å²) in [6, 6.07) is 12.6. The summed E-state index contributed by atoms with van der Waals surface area (Å²) in [5.41, 5.74) is 3.89. The molecule has 2 atom stereocenters. The van der Waals surface area contributed by atoms with Crippen LogP contribution in [0.15, 0.2) is 54.0 Å². The van der Waals surface area contributed by atoms with Gasteiger partial charge < -0.3 is 10.2 Å². The lowest BCUT2D eigenvalue weighted by Crippen LogP contribution is -2.64. The first-order chi connectivity index (χ1) is 18.8. The smallest absolute Gasteiger partial charge is 0.282 e. The van der Waals surface area contributed by atoms with E-state index in [1.54, 1.807) is 23.6 Å². The normalized spacial score (nSPS) is 21.1. The lowest BCUT2D eigenvalue weighted by Gasteiger charge is -2.45. The molecule has 2 aliphatic heterocycles. The lowest BCUT2D eigenvalue weighted by atomic mass is 9.95. The molecule has 11 heteroatoms. The van der Waals surface area contributed by atoms with E-state index in [0.717, 1.165) is 32.7 Å². The van der Waals surface area contributed by atoms with Gasteiger partial charge in [0.05, 0.1) is 24.6 Å². The molecule has 2 saturated heterocycles. The Bertz CT molecular complexity index is 1510. The number of hydrogen-bond donors (Lipinski definition) is 2. The number of pyridine rings is 1. The number of benzene rings is 1. The van der Waals surface area contributed by atoms with Crippen molar-refractivity contribution < 1.29 is 18.4 Å². The maximum atomic E-state index is 13.4. The molecule has 39 heavy (non-hydrogen) atoms. The number of rotatable bonds is 6. The first kappa shape index (κ1) is 25.6. The highest BCUT2D eigenvalue weighted by atomic mass is 32.1. The molecule has 202 valence electrons. The summed E-state index contributed by atoms with van der Waals surface area (Å²) < 4.78 is 26.9. The van der Waals surface area contributed by atoms with Crippen molar-refractivity contribution in [1.29, 1.82) is 0 Å². The molecule has 0 unspecified atom stereocenters. The quantitative estimate of drug-likeness (QED) is 0.375. The minimum Gasteiger partial charge on any atom is -0.348 e.